The number of amides is 1. The molecule has 1 rings (SSSR count). The molecule has 1 atom stereocenters. The van der Waals surface area contributed by atoms with Crippen LogP contribution in [0.15, 0.2) is 21.1 Å². The molecular formula is C11H12Br2N2O3. The summed E-state index contributed by atoms with van der Waals surface area (Å²) in [6.07, 6.45) is 0. The molecule has 0 spiro atoms. The molecule has 1 aromatic carbocycles. The number of halogens is 2. The lowest BCUT2D eigenvalue weighted by molar-refractivity contribution is -0.117. The van der Waals surface area contributed by atoms with Crippen LogP contribution < -0.4 is 11.1 Å². The fourth-order valence-corrected chi connectivity index (χ4v) is 2.53. The molecule has 0 heterocycles. The van der Waals surface area contributed by atoms with E-state index in [1.165, 1.54) is 7.11 Å². The average molecular weight is 380 g/mol. The lowest BCUT2D eigenvalue weighted by Crippen LogP contribution is -2.33. The van der Waals surface area contributed by atoms with Crippen LogP contribution in [-0.4, -0.2) is 25.0 Å². The molecule has 0 aliphatic carbocycles. The molecule has 0 bridgehead atoms. The van der Waals surface area contributed by atoms with Crippen molar-refractivity contribution in [3.63, 3.8) is 0 Å². The fraction of sp³-hybridized carbons (Fsp3) is 0.273. The van der Waals surface area contributed by atoms with Crippen molar-refractivity contribution in [2.75, 3.05) is 12.4 Å². The van der Waals surface area contributed by atoms with Crippen molar-refractivity contribution in [3.05, 3.63) is 26.6 Å². The summed E-state index contributed by atoms with van der Waals surface area (Å²) in [7, 11) is 1.27. The van der Waals surface area contributed by atoms with Gasteiger partial charge in [-0.1, -0.05) is 15.9 Å². The molecule has 0 aliphatic heterocycles. The van der Waals surface area contributed by atoms with E-state index < -0.39 is 12.0 Å². The topological polar surface area (TPSA) is 81.4 Å². The highest BCUT2D eigenvalue weighted by Crippen LogP contribution is 2.31. The molecule has 0 aliphatic rings. The number of anilines is 1. The Morgan fingerprint density at radius 1 is 1.39 bits per heavy atom. The second-order valence-corrected chi connectivity index (χ2v) is 5.35. The third kappa shape index (κ3) is 3.54. The first kappa shape index (κ1) is 15.1. The van der Waals surface area contributed by atoms with Gasteiger partial charge in [-0.25, -0.2) is 4.79 Å². The van der Waals surface area contributed by atoms with Crippen molar-refractivity contribution in [1.29, 1.82) is 0 Å². The summed E-state index contributed by atoms with van der Waals surface area (Å²) < 4.78 is 5.92. The van der Waals surface area contributed by atoms with Crippen LogP contribution in [0.4, 0.5) is 5.69 Å². The van der Waals surface area contributed by atoms with Gasteiger partial charge in [-0.2, -0.15) is 0 Å². The Morgan fingerprint density at radius 3 is 2.50 bits per heavy atom. The smallest absolute Gasteiger partial charge is 0.340 e. The van der Waals surface area contributed by atoms with Crippen LogP contribution in [0, 0.1) is 0 Å². The lowest BCUT2D eigenvalue weighted by atomic mass is 10.1. The van der Waals surface area contributed by atoms with Crippen LogP contribution in [0.25, 0.3) is 0 Å². The number of benzene rings is 1. The Labute approximate surface area is 121 Å². The van der Waals surface area contributed by atoms with Crippen LogP contribution >= 0.6 is 31.9 Å². The highest BCUT2D eigenvalue weighted by atomic mass is 79.9. The van der Waals surface area contributed by atoms with Crippen molar-refractivity contribution >= 4 is 49.4 Å². The van der Waals surface area contributed by atoms with Crippen molar-refractivity contribution in [3.8, 4) is 0 Å². The van der Waals surface area contributed by atoms with Crippen LogP contribution in [-0.2, 0) is 9.53 Å². The number of carbonyl (C=O) groups is 2. The SMILES string of the molecule is COC(=O)c1cc(Br)cc(Br)c1NC(=O)[C@H](C)N. The Morgan fingerprint density at radius 2 is 2.00 bits per heavy atom. The van der Waals surface area contributed by atoms with Crippen molar-refractivity contribution in [2.45, 2.75) is 13.0 Å². The Kier molecular flexibility index (Phi) is 5.30. The fourth-order valence-electron chi connectivity index (χ4n) is 1.21. The van der Waals surface area contributed by atoms with Crippen LogP contribution in [0.3, 0.4) is 0 Å². The van der Waals surface area contributed by atoms with Gasteiger partial charge in [0.05, 0.1) is 24.4 Å². The number of hydrogen-bond donors (Lipinski definition) is 2. The van der Waals surface area contributed by atoms with E-state index in [2.05, 4.69) is 41.9 Å². The summed E-state index contributed by atoms with van der Waals surface area (Å²) in [5, 5.41) is 2.59. The molecular weight excluding hydrogens is 368 g/mol. The van der Waals surface area contributed by atoms with Gasteiger partial charge in [-0.05, 0) is 35.0 Å². The minimum atomic E-state index is -0.675. The molecule has 0 saturated heterocycles. The minimum Gasteiger partial charge on any atom is -0.465 e. The summed E-state index contributed by atoms with van der Waals surface area (Å²) in [6.45, 7) is 1.56. The predicted octanol–water partition coefficient (Wildman–Crippen LogP) is 2.28. The van der Waals surface area contributed by atoms with E-state index >= 15 is 0 Å². The second kappa shape index (κ2) is 6.31. The number of hydrogen-bond acceptors (Lipinski definition) is 4. The molecule has 0 saturated carbocycles. The zero-order valence-electron chi connectivity index (χ0n) is 9.79. The molecule has 18 heavy (non-hydrogen) atoms. The Hall–Kier alpha value is -0.920. The predicted molar refractivity (Wildman–Crippen MR) is 75.5 cm³/mol. The zero-order valence-corrected chi connectivity index (χ0v) is 13.0. The van der Waals surface area contributed by atoms with Crippen molar-refractivity contribution < 1.29 is 14.3 Å². The normalized spacial score (nSPS) is 11.8. The Balaban J connectivity index is 3.24. The van der Waals surface area contributed by atoms with Gasteiger partial charge in [0.25, 0.3) is 0 Å². The van der Waals surface area contributed by atoms with Gasteiger partial charge in [-0.3, -0.25) is 4.79 Å². The maximum absolute atomic E-state index is 11.6. The standard InChI is InChI=1S/C11H12Br2N2O3/c1-5(14)10(16)15-9-7(11(17)18-2)3-6(12)4-8(9)13/h3-5H,14H2,1-2H3,(H,15,16)/t5-/m0/s1. The summed E-state index contributed by atoms with van der Waals surface area (Å²) in [5.41, 5.74) is 6.05. The molecule has 98 valence electrons. The first-order valence-corrected chi connectivity index (χ1v) is 6.59. The maximum Gasteiger partial charge on any atom is 0.340 e. The van der Waals surface area contributed by atoms with E-state index in [1.807, 2.05) is 0 Å². The summed E-state index contributed by atoms with van der Waals surface area (Å²) in [6, 6.07) is 2.60. The van der Waals surface area contributed by atoms with Gasteiger partial charge in [0, 0.05) is 8.95 Å². The summed E-state index contributed by atoms with van der Waals surface area (Å²) >= 11 is 6.54. The monoisotopic (exact) mass is 378 g/mol. The molecule has 3 N–H and O–H groups in total. The molecule has 7 heteroatoms. The molecule has 1 aromatic rings. The molecule has 5 nitrogen and oxygen atoms in total. The number of ether oxygens (including phenoxy) is 1. The highest BCUT2D eigenvalue weighted by molar-refractivity contribution is 9.11. The molecule has 0 aromatic heterocycles. The molecule has 0 unspecified atom stereocenters. The first-order chi connectivity index (χ1) is 8.36. The van der Waals surface area contributed by atoms with Gasteiger partial charge in [-0.15, -0.1) is 0 Å². The molecule has 1 amide bonds. The number of nitrogens with two attached hydrogens (primary N) is 1. The molecule has 0 fully saturated rings. The summed E-state index contributed by atoms with van der Waals surface area (Å²) in [5.74, 6) is -0.930. The number of carbonyl (C=O) groups excluding carboxylic acids is 2. The van der Waals surface area contributed by atoms with E-state index in [0.717, 1.165) is 0 Å². The summed E-state index contributed by atoms with van der Waals surface area (Å²) in [4.78, 5) is 23.2. The number of esters is 1. The minimum absolute atomic E-state index is 0.243. The lowest BCUT2D eigenvalue weighted by Gasteiger charge is -2.13. The number of methoxy groups -OCH3 is 1. The number of rotatable bonds is 3. The highest BCUT2D eigenvalue weighted by Gasteiger charge is 2.19. The molecule has 0 radical (unpaired) electrons. The van der Waals surface area contributed by atoms with Gasteiger partial charge < -0.3 is 15.8 Å². The third-order valence-electron chi connectivity index (χ3n) is 2.12. The van der Waals surface area contributed by atoms with E-state index in [0.29, 0.717) is 14.6 Å². The van der Waals surface area contributed by atoms with Crippen molar-refractivity contribution in [2.24, 2.45) is 5.73 Å². The van der Waals surface area contributed by atoms with E-state index in [4.69, 9.17) is 5.73 Å². The maximum atomic E-state index is 11.6. The number of nitrogens with one attached hydrogen (secondary N) is 1. The van der Waals surface area contributed by atoms with Crippen LogP contribution in [0.2, 0.25) is 0 Å². The Bertz CT molecular complexity index is 489. The van der Waals surface area contributed by atoms with E-state index in [9.17, 15) is 9.59 Å². The zero-order chi connectivity index (χ0) is 13.9. The first-order valence-electron chi connectivity index (χ1n) is 5.00. The van der Waals surface area contributed by atoms with Gasteiger partial charge in [0.2, 0.25) is 5.91 Å². The van der Waals surface area contributed by atoms with E-state index in [1.54, 1.807) is 19.1 Å². The van der Waals surface area contributed by atoms with Gasteiger partial charge in [0.15, 0.2) is 0 Å². The van der Waals surface area contributed by atoms with Crippen molar-refractivity contribution in [1.82, 2.24) is 0 Å². The van der Waals surface area contributed by atoms with Gasteiger partial charge >= 0.3 is 5.97 Å². The van der Waals surface area contributed by atoms with Crippen LogP contribution in [0.5, 0.6) is 0 Å². The third-order valence-corrected chi connectivity index (χ3v) is 3.21. The van der Waals surface area contributed by atoms with Crippen LogP contribution in [0.1, 0.15) is 17.3 Å². The second-order valence-electron chi connectivity index (χ2n) is 3.58. The average Bonchev–Trinajstić information content (AvgIpc) is 2.30. The largest absolute Gasteiger partial charge is 0.465 e. The quantitative estimate of drug-likeness (QED) is 0.789. The van der Waals surface area contributed by atoms with E-state index in [-0.39, 0.29) is 11.5 Å². The van der Waals surface area contributed by atoms with Gasteiger partial charge in [0.1, 0.15) is 0 Å².